The van der Waals surface area contributed by atoms with Crippen molar-refractivity contribution >= 4 is 11.6 Å². The molecule has 5 heteroatoms. The van der Waals surface area contributed by atoms with Crippen LogP contribution >= 0.6 is 0 Å². The van der Waals surface area contributed by atoms with Gasteiger partial charge in [-0.05, 0) is 32.3 Å². The van der Waals surface area contributed by atoms with E-state index >= 15 is 0 Å². The van der Waals surface area contributed by atoms with Gasteiger partial charge in [0.25, 0.3) is 5.91 Å². The Morgan fingerprint density at radius 2 is 2.21 bits per heavy atom. The summed E-state index contributed by atoms with van der Waals surface area (Å²) in [4.78, 5) is 16.1. The monoisotopic (exact) mass is 265 g/mol. The van der Waals surface area contributed by atoms with Crippen molar-refractivity contribution < 1.29 is 9.90 Å². The first kappa shape index (κ1) is 15.4. The summed E-state index contributed by atoms with van der Waals surface area (Å²) in [6, 6.07) is 1.59. The average molecular weight is 265 g/mol. The molecule has 1 heterocycles. The molecule has 106 valence electrons. The predicted molar refractivity (Wildman–Crippen MR) is 75.8 cm³/mol. The quantitative estimate of drug-likeness (QED) is 0.752. The number of carbonyl (C=O) groups is 1. The van der Waals surface area contributed by atoms with Crippen molar-refractivity contribution in [2.75, 3.05) is 12.3 Å². The third kappa shape index (κ3) is 4.87. The zero-order valence-electron chi connectivity index (χ0n) is 12.0. The van der Waals surface area contributed by atoms with Gasteiger partial charge in [0.2, 0.25) is 0 Å². The molecule has 0 saturated heterocycles. The van der Waals surface area contributed by atoms with Gasteiger partial charge in [-0.1, -0.05) is 13.8 Å². The summed E-state index contributed by atoms with van der Waals surface area (Å²) in [5, 5.41) is 12.9. The smallest absolute Gasteiger partial charge is 0.253 e. The fourth-order valence-electron chi connectivity index (χ4n) is 2.10. The van der Waals surface area contributed by atoms with Crippen LogP contribution in [0.5, 0.6) is 0 Å². The number of nitrogen functional groups attached to an aromatic ring is 1. The van der Waals surface area contributed by atoms with Crippen LogP contribution in [0.3, 0.4) is 0 Å². The van der Waals surface area contributed by atoms with Crippen LogP contribution in [0.2, 0.25) is 0 Å². The molecule has 0 fully saturated rings. The van der Waals surface area contributed by atoms with Crippen LogP contribution in [0.1, 0.15) is 43.2 Å². The average Bonchev–Trinajstić information content (AvgIpc) is 2.27. The molecule has 1 aromatic heterocycles. The summed E-state index contributed by atoms with van der Waals surface area (Å²) in [6.07, 6.45) is 2.14. The number of aliphatic hydroxyl groups is 1. The molecule has 19 heavy (non-hydrogen) atoms. The number of anilines is 1. The minimum atomic E-state index is -0.911. The Labute approximate surface area is 114 Å². The molecule has 4 N–H and O–H groups in total. The number of carbonyl (C=O) groups excluding carboxylic acids is 1. The largest absolute Gasteiger partial charge is 0.397 e. The first-order chi connectivity index (χ1) is 8.71. The van der Waals surface area contributed by atoms with E-state index in [-0.39, 0.29) is 12.5 Å². The fraction of sp³-hybridized carbons (Fsp3) is 0.571. The number of nitrogens with two attached hydrogens (primary N) is 1. The van der Waals surface area contributed by atoms with Crippen LogP contribution in [-0.2, 0) is 0 Å². The number of hydrogen-bond acceptors (Lipinski definition) is 4. The van der Waals surface area contributed by atoms with Crippen LogP contribution in [-0.4, -0.2) is 28.1 Å². The number of amides is 1. The molecule has 0 radical (unpaired) electrons. The third-order valence-electron chi connectivity index (χ3n) is 2.83. The van der Waals surface area contributed by atoms with E-state index in [4.69, 9.17) is 5.73 Å². The van der Waals surface area contributed by atoms with Crippen LogP contribution in [0, 0.1) is 12.8 Å². The highest BCUT2D eigenvalue weighted by Crippen LogP contribution is 2.16. The van der Waals surface area contributed by atoms with Crippen molar-refractivity contribution in [1.82, 2.24) is 10.3 Å². The second kappa shape index (κ2) is 6.02. The molecule has 0 aliphatic carbocycles. The van der Waals surface area contributed by atoms with Gasteiger partial charge in [-0.3, -0.25) is 9.78 Å². The summed E-state index contributed by atoms with van der Waals surface area (Å²) in [7, 11) is 0. The molecule has 0 aliphatic rings. The molecule has 1 unspecified atom stereocenters. The summed E-state index contributed by atoms with van der Waals surface area (Å²) < 4.78 is 0. The van der Waals surface area contributed by atoms with E-state index in [0.29, 0.717) is 29.3 Å². The van der Waals surface area contributed by atoms with Crippen LogP contribution in [0.4, 0.5) is 5.69 Å². The van der Waals surface area contributed by atoms with Crippen molar-refractivity contribution in [2.45, 2.75) is 39.7 Å². The molecule has 1 aromatic rings. The Bertz CT molecular complexity index is 456. The highest BCUT2D eigenvalue weighted by molar-refractivity contribution is 5.95. The Morgan fingerprint density at radius 3 is 2.79 bits per heavy atom. The second-order valence-corrected chi connectivity index (χ2v) is 5.68. The van der Waals surface area contributed by atoms with E-state index in [1.807, 2.05) is 13.8 Å². The minimum absolute atomic E-state index is 0.207. The predicted octanol–water partition coefficient (Wildman–Crippen LogP) is 1.50. The molecular formula is C14H23N3O2. The highest BCUT2D eigenvalue weighted by Gasteiger charge is 2.23. The van der Waals surface area contributed by atoms with Crippen molar-refractivity contribution in [1.29, 1.82) is 0 Å². The SMILES string of the molecule is Cc1ncc(N)cc1C(=O)NCC(C)(O)CC(C)C. The van der Waals surface area contributed by atoms with Gasteiger partial charge in [0.15, 0.2) is 0 Å². The van der Waals surface area contributed by atoms with Gasteiger partial charge < -0.3 is 16.2 Å². The van der Waals surface area contributed by atoms with Gasteiger partial charge in [0.1, 0.15) is 0 Å². The maximum atomic E-state index is 12.0. The van der Waals surface area contributed by atoms with Crippen molar-refractivity contribution in [2.24, 2.45) is 5.92 Å². The lowest BCUT2D eigenvalue weighted by Gasteiger charge is -2.25. The van der Waals surface area contributed by atoms with Gasteiger partial charge in [-0.15, -0.1) is 0 Å². The van der Waals surface area contributed by atoms with Crippen molar-refractivity contribution in [3.8, 4) is 0 Å². The third-order valence-corrected chi connectivity index (χ3v) is 2.83. The Hall–Kier alpha value is -1.62. The normalized spacial score (nSPS) is 14.2. The molecule has 0 aromatic carbocycles. The summed E-state index contributed by atoms with van der Waals surface area (Å²) in [6.45, 7) is 7.74. The summed E-state index contributed by atoms with van der Waals surface area (Å²) in [5.74, 6) is 0.101. The zero-order chi connectivity index (χ0) is 14.6. The summed E-state index contributed by atoms with van der Waals surface area (Å²) >= 11 is 0. The lowest BCUT2D eigenvalue weighted by Crippen LogP contribution is -2.41. The number of nitrogens with zero attached hydrogens (tertiary/aromatic N) is 1. The molecular weight excluding hydrogens is 242 g/mol. The topological polar surface area (TPSA) is 88.2 Å². The summed E-state index contributed by atoms with van der Waals surface area (Å²) in [5.41, 5.74) is 6.22. The van der Waals surface area contributed by atoms with E-state index < -0.39 is 5.60 Å². The Morgan fingerprint density at radius 1 is 1.58 bits per heavy atom. The van der Waals surface area contributed by atoms with Crippen molar-refractivity contribution in [3.05, 3.63) is 23.5 Å². The number of aryl methyl sites for hydroxylation is 1. The fourth-order valence-corrected chi connectivity index (χ4v) is 2.10. The van der Waals surface area contributed by atoms with Crippen molar-refractivity contribution in [3.63, 3.8) is 0 Å². The van der Waals surface area contributed by atoms with E-state index in [9.17, 15) is 9.90 Å². The van der Waals surface area contributed by atoms with Gasteiger partial charge in [0, 0.05) is 6.54 Å². The van der Waals surface area contributed by atoms with Crippen LogP contribution in [0.15, 0.2) is 12.3 Å². The van der Waals surface area contributed by atoms with E-state index in [1.54, 1.807) is 19.9 Å². The van der Waals surface area contributed by atoms with Gasteiger partial charge in [-0.2, -0.15) is 0 Å². The first-order valence-electron chi connectivity index (χ1n) is 6.44. The van der Waals surface area contributed by atoms with Gasteiger partial charge >= 0.3 is 0 Å². The molecule has 0 aliphatic heterocycles. The van der Waals surface area contributed by atoms with Crippen LogP contribution in [0.25, 0.3) is 0 Å². The van der Waals surface area contributed by atoms with E-state index in [0.717, 1.165) is 0 Å². The zero-order valence-corrected chi connectivity index (χ0v) is 12.0. The first-order valence-corrected chi connectivity index (χ1v) is 6.44. The molecule has 0 bridgehead atoms. The highest BCUT2D eigenvalue weighted by atomic mass is 16.3. The van der Waals surface area contributed by atoms with E-state index in [2.05, 4.69) is 10.3 Å². The number of aromatic nitrogens is 1. The standard InChI is InChI=1S/C14H23N3O2/c1-9(2)6-14(4,19)8-17-13(18)12-5-11(15)7-16-10(12)3/h5,7,9,19H,6,8,15H2,1-4H3,(H,17,18). The number of rotatable bonds is 5. The Balaban J connectivity index is 2.68. The maximum Gasteiger partial charge on any atom is 0.253 e. The Kier molecular flexibility index (Phi) is 4.89. The molecule has 1 rings (SSSR count). The lowest BCUT2D eigenvalue weighted by atomic mass is 9.94. The van der Waals surface area contributed by atoms with Gasteiger partial charge in [0.05, 0.1) is 28.7 Å². The lowest BCUT2D eigenvalue weighted by molar-refractivity contribution is 0.0368. The molecule has 0 spiro atoms. The van der Waals surface area contributed by atoms with Gasteiger partial charge in [-0.25, -0.2) is 0 Å². The molecule has 1 amide bonds. The second-order valence-electron chi connectivity index (χ2n) is 5.68. The number of hydrogen-bond donors (Lipinski definition) is 3. The number of nitrogens with one attached hydrogen (secondary N) is 1. The molecule has 1 atom stereocenters. The molecule has 5 nitrogen and oxygen atoms in total. The maximum absolute atomic E-state index is 12.0. The number of pyridine rings is 1. The van der Waals surface area contributed by atoms with E-state index in [1.165, 1.54) is 6.20 Å². The minimum Gasteiger partial charge on any atom is -0.397 e. The molecule has 0 saturated carbocycles. The van der Waals surface area contributed by atoms with Crippen LogP contribution < -0.4 is 11.1 Å².